The highest BCUT2D eigenvalue weighted by Crippen LogP contribution is 2.42. The molecule has 210 valence electrons. The van der Waals surface area contributed by atoms with E-state index in [1.165, 1.54) is 0 Å². The second-order valence-corrected chi connectivity index (χ2v) is 11.2. The van der Waals surface area contributed by atoms with Crippen LogP contribution in [-0.2, 0) is 0 Å². The lowest BCUT2D eigenvalue weighted by Crippen LogP contribution is -2.29. The van der Waals surface area contributed by atoms with Crippen LogP contribution in [0.4, 0.5) is 5.69 Å². The number of rotatable bonds is 3. The monoisotopic (exact) mass is 578 g/mol. The highest BCUT2D eigenvalue weighted by Gasteiger charge is 2.36. The summed E-state index contributed by atoms with van der Waals surface area (Å²) in [6.07, 6.45) is 0. The van der Waals surface area contributed by atoms with Crippen molar-refractivity contribution in [3.63, 3.8) is 0 Å². The minimum atomic E-state index is -0.389. The summed E-state index contributed by atoms with van der Waals surface area (Å²) in [7, 11) is 0. The van der Waals surface area contributed by atoms with Gasteiger partial charge in [-0.05, 0) is 60.7 Å². The molecule has 45 heavy (non-hydrogen) atoms. The maximum absolute atomic E-state index is 13.3. The van der Waals surface area contributed by atoms with Crippen LogP contribution in [0.5, 0.6) is 0 Å². The average Bonchev–Trinajstić information content (AvgIpc) is 3.70. The highest BCUT2D eigenvalue weighted by molar-refractivity contribution is 6.34. The van der Waals surface area contributed by atoms with E-state index in [2.05, 4.69) is 75.9 Å². The molecule has 2 amide bonds. The molecule has 0 radical (unpaired) electrons. The number of nitrogens with zero attached hydrogens (tertiary/aromatic N) is 4. The normalized spacial score (nSPS) is 12.9. The van der Waals surface area contributed by atoms with Crippen LogP contribution in [0.1, 0.15) is 26.3 Å². The molecule has 8 aromatic rings. The zero-order chi connectivity index (χ0) is 30.2. The van der Waals surface area contributed by atoms with Crippen molar-refractivity contribution in [1.29, 1.82) is 5.26 Å². The van der Waals surface area contributed by atoms with Gasteiger partial charge in [-0.2, -0.15) is 5.26 Å². The van der Waals surface area contributed by atoms with E-state index in [1.54, 1.807) is 36.4 Å². The van der Waals surface area contributed by atoms with E-state index in [-0.39, 0.29) is 11.8 Å². The molecule has 0 bridgehead atoms. The Balaban J connectivity index is 1.36. The van der Waals surface area contributed by atoms with Gasteiger partial charge >= 0.3 is 0 Å². The summed E-state index contributed by atoms with van der Waals surface area (Å²) < 4.78 is 4.43. The van der Waals surface area contributed by atoms with E-state index in [9.17, 15) is 14.9 Å². The molecular formula is C39H22N4O2. The van der Waals surface area contributed by atoms with Crippen LogP contribution in [0.3, 0.4) is 0 Å². The van der Waals surface area contributed by atoms with E-state index < -0.39 is 0 Å². The van der Waals surface area contributed by atoms with Gasteiger partial charge in [-0.15, -0.1) is 0 Å². The van der Waals surface area contributed by atoms with E-state index in [1.807, 2.05) is 36.4 Å². The molecule has 6 nitrogen and oxygen atoms in total. The van der Waals surface area contributed by atoms with E-state index in [0.29, 0.717) is 28.1 Å². The fourth-order valence-corrected chi connectivity index (χ4v) is 6.99. The molecular weight excluding hydrogens is 556 g/mol. The maximum Gasteiger partial charge on any atom is 0.266 e. The first-order valence-corrected chi connectivity index (χ1v) is 14.7. The van der Waals surface area contributed by atoms with Crippen molar-refractivity contribution in [1.82, 2.24) is 9.13 Å². The van der Waals surface area contributed by atoms with Crippen molar-refractivity contribution < 1.29 is 9.59 Å². The first-order chi connectivity index (χ1) is 22.2. The standard InChI is InChI=1S/C39H22N4O2/c40-23-24-22-26(42-38(44)29-13-4-5-14-30(29)39(42)45)18-20-32(24)43-33-16-8-6-12-27(33)28-19-21-35-36(37(28)43)31-15-7-9-17-34(31)41(35)25-10-2-1-3-11-25/h1-22H. The molecule has 0 N–H and O–H groups in total. The number of hydrogen-bond donors (Lipinski definition) is 0. The van der Waals surface area contributed by atoms with Gasteiger partial charge in [0.05, 0.1) is 50.1 Å². The Labute approximate surface area is 257 Å². The zero-order valence-electron chi connectivity index (χ0n) is 23.8. The molecule has 6 heteroatoms. The summed E-state index contributed by atoms with van der Waals surface area (Å²) in [5, 5.41) is 14.8. The third-order valence-electron chi connectivity index (χ3n) is 8.88. The number of carbonyl (C=O) groups is 2. The van der Waals surface area contributed by atoms with Crippen LogP contribution in [0, 0.1) is 11.3 Å². The second-order valence-electron chi connectivity index (χ2n) is 11.2. The van der Waals surface area contributed by atoms with Crippen LogP contribution in [0.25, 0.3) is 55.0 Å². The van der Waals surface area contributed by atoms with Gasteiger partial charge in [-0.1, -0.05) is 72.8 Å². The molecule has 0 spiro atoms. The Bertz CT molecular complexity index is 2570. The smallest absolute Gasteiger partial charge is 0.266 e. The quantitative estimate of drug-likeness (QED) is 0.197. The van der Waals surface area contributed by atoms with Gasteiger partial charge in [-0.25, -0.2) is 4.90 Å². The number of fused-ring (bicyclic) bond motifs is 8. The van der Waals surface area contributed by atoms with E-state index in [4.69, 9.17) is 0 Å². The van der Waals surface area contributed by atoms with Crippen molar-refractivity contribution in [3.05, 3.63) is 150 Å². The van der Waals surface area contributed by atoms with Crippen molar-refractivity contribution in [3.8, 4) is 17.4 Å². The molecule has 6 aromatic carbocycles. The Hall–Kier alpha value is -6.45. The molecule has 0 atom stereocenters. The van der Waals surface area contributed by atoms with Gasteiger partial charge in [-0.3, -0.25) is 9.59 Å². The molecule has 0 saturated carbocycles. The minimum absolute atomic E-state index is 0.357. The Morgan fingerprint density at radius 1 is 0.511 bits per heavy atom. The largest absolute Gasteiger partial charge is 0.309 e. The highest BCUT2D eigenvalue weighted by atomic mass is 16.2. The number of para-hydroxylation sites is 3. The first-order valence-electron chi connectivity index (χ1n) is 14.7. The van der Waals surface area contributed by atoms with Gasteiger partial charge in [0.2, 0.25) is 0 Å². The van der Waals surface area contributed by atoms with E-state index >= 15 is 0 Å². The van der Waals surface area contributed by atoms with Crippen molar-refractivity contribution in [2.24, 2.45) is 0 Å². The maximum atomic E-state index is 13.3. The predicted molar refractivity (Wildman–Crippen MR) is 177 cm³/mol. The molecule has 2 aromatic heterocycles. The fraction of sp³-hybridized carbons (Fsp3) is 0. The number of imide groups is 1. The molecule has 0 aliphatic carbocycles. The van der Waals surface area contributed by atoms with Crippen molar-refractivity contribution in [2.45, 2.75) is 0 Å². The molecule has 1 aliphatic rings. The summed E-state index contributed by atoms with van der Waals surface area (Å²) in [4.78, 5) is 27.7. The summed E-state index contributed by atoms with van der Waals surface area (Å²) in [5.41, 5.74) is 7.29. The van der Waals surface area contributed by atoms with Crippen molar-refractivity contribution in [2.75, 3.05) is 4.90 Å². The lowest BCUT2D eigenvalue weighted by atomic mass is 10.1. The summed E-state index contributed by atoms with van der Waals surface area (Å²) in [6.45, 7) is 0. The van der Waals surface area contributed by atoms with Gasteiger partial charge in [0.1, 0.15) is 6.07 Å². The Kier molecular flexibility index (Phi) is 5.17. The van der Waals surface area contributed by atoms with Crippen LogP contribution in [0.15, 0.2) is 133 Å². The number of anilines is 1. The second kappa shape index (κ2) is 9.27. The topological polar surface area (TPSA) is 71.0 Å². The molecule has 3 heterocycles. The third-order valence-corrected chi connectivity index (χ3v) is 8.88. The number of amides is 2. The SMILES string of the molecule is N#Cc1cc(N2C(=O)c3ccccc3C2=O)ccc1-n1c2ccccc2c2ccc3c(c4ccccc4n3-c3ccccc3)c21. The molecule has 0 saturated heterocycles. The lowest BCUT2D eigenvalue weighted by molar-refractivity contribution is 0.0926. The third kappa shape index (κ3) is 3.38. The van der Waals surface area contributed by atoms with Gasteiger partial charge in [0.25, 0.3) is 11.8 Å². The summed E-state index contributed by atoms with van der Waals surface area (Å²) >= 11 is 0. The Morgan fingerprint density at radius 3 is 1.84 bits per heavy atom. The van der Waals surface area contributed by atoms with E-state index in [0.717, 1.165) is 54.2 Å². The molecule has 0 fully saturated rings. The van der Waals surface area contributed by atoms with Crippen LogP contribution >= 0.6 is 0 Å². The summed E-state index contributed by atoms with van der Waals surface area (Å²) in [5.74, 6) is -0.779. The number of carbonyl (C=O) groups excluding carboxylic acids is 2. The molecule has 1 aliphatic heterocycles. The number of aromatic nitrogens is 2. The van der Waals surface area contributed by atoms with Crippen molar-refractivity contribution >= 4 is 61.1 Å². The molecule has 0 unspecified atom stereocenters. The van der Waals surface area contributed by atoms with Gasteiger partial charge < -0.3 is 9.13 Å². The fourth-order valence-electron chi connectivity index (χ4n) is 6.99. The number of hydrogen-bond acceptors (Lipinski definition) is 3. The van der Waals surface area contributed by atoms with Crippen LogP contribution in [0.2, 0.25) is 0 Å². The predicted octanol–water partition coefficient (Wildman–Crippen LogP) is 8.55. The van der Waals surface area contributed by atoms with Gasteiger partial charge in [0.15, 0.2) is 0 Å². The lowest BCUT2D eigenvalue weighted by Gasteiger charge is -2.17. The minimum Gasteiger partial charge on any atom is -0.309 e. The Morgan fingerprint density at radius 2 is 1.13 bits per heavy atom. The van der Waals surface area contributed by atoms with Crippen LogP contribution in [-0.4, -0.2) is 20.9 Å². The number of nitriles is 1. The van der Waals surface area contributed by atoms with Crippen LogP contribution < -0.4 is 4.90 Å². The zero-order valence-corrected chi connectivity index (χ0v) is 23.8. The first kappa shape index (κ1) is 25.1. The number of benzene rings is 6. The van der Waals surface area contributed by atoms with Gasteiger partial charge in [0, 0.05) is 27.2 Å². The summed E-state index contributed by atoms with van der Waals surface area (Å²) in [6, 6.07) is 45.7. The average molecular weight is 579 g/mol. The molecule has 9 rings (SSSR count).